The predicted octanol–water partition coefficient (Wildman–Crippen LogP) is -2.10. The first-order chi connectivity index (χ1) is 5.65. The third-order valence-corrected chi connectivity index (χ3v) is 1.97. The fourth-order valence-electron chi connectivity index (χ4n) is 1.25. The minimum Gasteiger partial charge on any atom is -0.388 e. The van der Waals surface area contributed by atoms with Crippen LogP contribution in [0.25, 0.3) is 0 Å². The van der Waals surface area contributed by atoms with Crippen molar-refractivity contribution >= 4 is 5.91 Å². The number of hydrogen-bond donors (Lipinski definition) is 3. The van der Waals surface area contributed by atoms with Gasteiger partial charge in [0.15, 0.2) is 0 Å². The quantitative estimate of drug-likeness (QED) is 0.447. The fraction of sp³-hybridized carbons (Fsp3) is 0.857. The van der Waals surface area contributed by atoms with E-state index in [4.69, 9.17) is 15.9 Å². The molecule has 1 fully saturated rings. The Morgan fingerprint density at radius 3 is 2.33 bits per heavy atom. The molecule has 1 aliphatic heterocycles. The van der Waals surface area contributed by atoms with Crippen molar-refractivity contribution in [2.24, 2.45) is 5.73 Å². The monoisotopic (exact) mass is 174 g/mol. The van der Waals surface area contributed by atoms with E-state index in [0.29, 0.717) is 6.54 Å². The summed E-state index contributed by atoms with van der Waals surface area (Å²) in [5.74, 6) is -0.104. The van der Waals surface area contributed by atoms with Crippen LogP contribution in [0, 0.1) is 0 Å². The van der Waals surface area contributed by atoms with Crippen molar-refractivity contribution in [3.8, 4) is 0 Å². The third kappa shape index (κ3) is 1.94. The molecule has 0 saturated carbocycles. The van der Waals surface area contributed by atoms with Crippen LogP contribution in [-0.2, 0) is 4.79 Å². The van der Waals surface area contributed by atoms with Gasteiger partial charge in [-0.1, -0.05) is 0 Å². The highest BCUT2D eigenvalue weighted by Gasteiger charge is 2.31. The molecule has 1 heterocycles. The van der Waals surface area contributed by atoms with Gasteiger partial charge in [0.25, 0.3) is 0 Å². The van der Waals surface area contributed by atoms with Gasteiger partial charge in [0, 0.05) is 26.1 Å². The van der Waals surface area contributed by atoms with Gasteiger partial charge in [0.2, 0.25) is 5.91 Å². The SMILES string of the molecule is NCCC(=O)N1CC(O)C(O)C1. The summed E-state index contributed by atoms with van der Waals surface area (Å²) < 4.78 is 0. The summed E-state index contributed by atoms with van der Waals surface area (Å²) >= 11 is 0. The van der Waals surface area contributed by atoms with Gasteiger partial charge in [-0.05, 0) is 0 Å². The Morgan fingerprint density at radius 2 is 1.92 bits per heavy atom. The Morgan fingerprint density at radius 1 is 1.42 bits per heavy atom. The van der Waals surface area contributed by atoms with Crippen LogP contribution in [0.2, 0.25) is 0 Å². The lowest BCUT2D eigenvalue weighted by molar-refractivity contribution is -0.130. The number of nitrogens with two attached hydrogens (primary N) is 1. The highest BCUT2D eigenvalue weighted by Crippen LogP contribution is 2.10. The number of β-amino-alcohol motifs (C(OH)–C–C–N with tert-alkyl or cyclic N) is 2. The minimum absolute atomic E-state index is 0.104. The maximum atomic E-state index is 11.2. The molecule has 0 aliphatic carbocycles. The highest BCUT2D eigenvalue weighted by atomic mass is 16.3. The number of amides is 1. The molecule has 0 radical (unpaired) electrons. The number of aliphatic hydroxyl groups is 2. The first-order valence-corrected chi connectivity index (χ1v) is 3.99. The predicted molar refractivity (Wildman–Crippen MR) is 42.3 cm³/mol. The van der Waals surface area contributed by atoms with Crippen LogP contribution in [0.5, 0.6) is 0 Å². The molecule has 5 nitrogen and oxygen atoms in total. The lowest BCUT2D eigenvalue weighted by Gasteiger charge is -2.13. The Balaban J connectivity index is 2.40. The van der Waals surface area contributed by atoms with Crippen LogP contribution in [0.4, 0.5) is 0 Å². The molecule has 2 unspecified atom stereocenters. The van der Waals surface area contributed by atoms with Crippen LogP contribution in [-0.4, -0.2) is 52.9 Å². The molecule has 1 amide bonds. The van der Waals surface area contributed by atoms with Gasteiger partial charge in [-0.2, -0.15) is 0 Å². The molecule has 4 N–H and O–H groups in total. The van der Waals surface area contributed by atoms with Crippen molar-refractivity contribution in [3.05, 3.63) is 0 Å². The molecule has 0 aromatic heterocycles. The van der Waals surface area contributed by atoms with E-state index in [1.54, 1.807) is 0 Å². The second-order valence-electron chi connectivity index (χ2n) is 2.97. The average Bonchev–Trinajstić information content (AvgIpc) is 2.33. The van der Waals surface area contributed by atoms with Crippen molar-refractivity contribution in [3.63, 3.8) is 0 Å². The van der Waals surface area contributed by atoms with Crippen LogP contribution in [0.3, 0.4) is 0 Å². The minimum atomic E-state index is -0.799. The zero-order valence-electron chi connectivity index (χ0n) is 6.81. The van der Waals surface area contributed by atoms with E-state index in [-0.39, 0.29) is 25.4 Å². The highest BCUT2D eigenvalue weighted by molar-refractivity contribution is 5.76. The van der Waals surface area contributed by atoms with Gasteiger partial charge in [0.05, 0.1) is 12.2 Å². The molecule has 0 spiro atoms. The summed E-state index contributed by atoms with van der Waals surface area (Å²) in [4.78, 5) is 12.6. The molecule has 2 atom stereocenters. The Hall–Kier alpha value is -0.650. The second-order valence-corrected chi connectivity index (χ2v) is 2.97. The Bertz CT molecular complexity index is 164. The summed E-state index contributed by atoms with van der Waals surface area (Å²) in [5, 5.41) is 18.2. The molecule has 5 heteroatoms. The molecular formula is C7H14N2O3. The maximum absolute atomic E-state index is 11.2. The van der Waals surface area contributed by atoms with Gasteiger partial charge in [-0.15, -0.1) is 0 Å². The number of nitrogens with zero attached hydrogens (tertiary/aromatic N) is 1. The zero-order valence-corrected chi connectivity index (χ0v) is 6.81. The van der Waals surface area contributed by atoms with Crippen molar-refractivity contribution in [2.45, 2.75) is 18.6 Å². The van der Waals surface area contributed by atoms with Crippen molar-refractivity contribution < 1.29 is 15.0 Å². The third-order valence-electron chi connectivity index (χ3n) is 1.97. The maximum Gasteiger partial charge on any atom is 0.224 e. The number of carbonyl (C=O) groups is 1. The zero-order chi connectivity index (χ0) is 9.14. The molecule has 12 heavy (non-hydrogen) atoms. The van der Waals surface area contributed by atoms with Crippen molar-refractivity contribution in [2.75, 3.05) is 19.6 Å². The van der Waals surface area contributed by atoms with E-state index in [9.17, 15) is 4.79 Å². The molecule has 1 rings (SSSR count). The van der Waals surface area contributed by atoms with Crippen LogP contribution in [0.15, 0.2) is 0 Å². The molecule has 0 aromatic rings. The van der Waals surface area contributed by atoms with E-state index in [1.165, 1.54) is 4.90 Å². The topological polar surface area (TPSA) is 86.8 Å². The Labute approximate surface area is 70.8 Å². The van der Waals surface area contributed by atoms with E-state index in [0.717, 1.165) is 0 Å². The summed E-state index contributed by atoms with van der Waals surface area (Å²) in [6.07, 6.45) is -1.32. The normalized spacial score (nSPS) is 29.4. The van der Waals surface area contributed by atoms with Crippen LogP contribution >= 0.6 is 0 Å². The standard InChI is InChI=1S/C7H14N2O3/c8-2-1-7(12)9-3-5(10)6(11)4-9/h5-6,10-11H,1-4,8H2. The lowest BCUT2D eigenvalue weighted by atomic mass is 10.3. The molecule has 0 aromatic carbocycles. The van der Waals surface area contributed by atoms with Gasteiger partial charge in [-0.25, -0.2) is 0 Å². The van der Waals surface area contributed by atoms with Crippen molar-refractivity contribution in [1.29, 1.82) is 0 Å². The van der Waals surface area contributed by atoms with Gasteiger partial charge < -0.3 is 20.8 Å². The Kier molecular flexibility index (Phi) is 3.02. The summed E-state index contributed by atoms with van der Waals surface area (Å²) in [5.41, 5.74) is 5.19. The van der Waals surface area contributed by atoms with Gasteiger partial charge in [0.1, 0.15) is 0 Å². The first kappa shape index (κ1) is 9.44. The molecule has 70 valence electrons. The lowest BCUT2D eigenvalue weighted by Crippen LogP contribution is -2.31. The molecular weight excluding hydrogens is 160 g/mol. The van der Waals surface area contributed by atoms with Crippen LogP contribution in [0.1, 0.15) is 6.42 Å². The second kappa shape index (κ2) is 3.84. The number of rotatable bonds is 2. The summed E-state index contributed by atoms with van der Waals surface area (Å²) in [6, 6.07) is 0. The summed E-state index contributed by atoms with van der Waals surface area (Å²) in [7, 11) is 0. The first-order valence-electron chi connectivity index (χ1n) is 3.99. The van der Waals surface area contributed by atoms with Crippen molar-refractivity contribution in [1.82, 2.24) is 4.90 Å². The van der Waals surface area contributed by atoms with Crippen LogP contribution < -0.4 is 5.73 Å². The van der Waals surface area contributed by atoms with E-state index in [1.807, 2.05) is 0 Å². The number of aliphatic hydroxyl groups excluding tert-OH is 2. The smallest absolute Gasteiger partial charge is 0.224 e. The molecule has 1 saturated heterocycles. The van der Waals surface area contributed by atoms with Gasteiger partial charge in [-0.3, -0.25) is 4.79 Å². The fourth-order valence-corrected chi connectivity index (χ4v) is 1.25. The molecule has 1 aliphatic rings. The van der Waals surface area contributed by atoms with E-state index < -0.39 is 12.2 Å². The van der Waals surface area contributed by atoms with E-state index in [2.05, 4.69) is 0 Å². The largest absolute Gasteiger partial charge is 0.388 e. The summed E-state index contributed by atoms with van der Waals surface area (Å²) in [6.45, 7) is 0.752. The number of hydrogen-bond acceptors (Lipinski definition) is 4. The van der Waals surface area contributed by atoms with Gasteiger partial charge >= 0.3 is 0 Å². The average molecular weight is 174 g/mol. The molecule has 0 bridgehead atoms. The number of carbonyl (C=O) groups excluding carboxylic acids is 1. The van der Waals surface area contributed by atoms with E-state index >= 15 is 0 Å². The number of likely N-dealkylation sites (tertiary alicyclic amines) is 1.